The monoisotopic (exact) mass is 445 g/mol. The Kier molecular flexibility index (Phi) is 7.13. The predicted molar refractivity (Wildman–Crippen MR) is 125 cm³/mol. The molecule has 4 rings (SSSR count). The minimum Gasteiger partial charge on any atom is -0.444 e. The number of hydrogen-bond donors (Lipinski definition) is 0. The summed E-state index contributed by atoms with van der Waals surface area (Å²) in [7, 11) is 1.77. The van der Waals surface area contributed by atoms with Crippen LogP contribution >= 0.6 is 0 Å². The Hall–Kier alpha value is -1.25. The number of amides is 1. The van der Waals surface area contributed by atoms with Crippen LogP contribution in [0.25, 0.3) is 0 Å². The second-order valence-corrected chi connectivity index (χ2v) is 11.6. The molecule has 2 aliphatic heterocycles. The second-order valence-electron chi connectivity index (χ2n) is 11.6. The lowest BCUT2D eigenvalue weighted by Crippen LogP contribution is -2.50. The average molecular weight is 446 g/mol. The number of likely N-dealkylation sites (tertiary alicyclic amines) is 1. The van der Waals surface area contributed by atoms with Crippen LogP contribution in [0.1, 0.15) is 86.0 Å². The van der Waals surface area contributed by atoms with Gasteiger partial charge in [0.25, 0.3) is 0 Å². The molecule has 2 saturated heterocycles. The third-order valence-corrected chi connectivity index (χ3v) is 8.32. The summed E-state index contributed by atoms with van der Waals surface area (Å²) in [6, 6.07) is 0.0953. The topological polar surface area (TPSA) is 48.0 Å². The fourth-order valence-corrected chi connectivity index (χ4v) is 6.98. The molecular formula is C27H43NO4. The minimum absolute atomic E-state index is 0.0631. The van der Waals surface area contributed by atoms with Gasteiger partial charge in [0.15, 0.2) is 6.29 Å². The summed E-state index contributed by atoms with van der Waals surface area (Å²) in [5, 5.41) is 0. The van der Waals surface area contributed by atoms with Crippen molar-refractivity contribution >= 4 is 6.09 Å². The Balaban J connectivity index is 1.60. The van der Waals surface area contributed by atoms with E-state index in [1.54, 1.807) is 7.11 Å². The standard InChI is InChI=1S/C27H43NO4/c1-17-10-9-12-20(28(17)26(29)32-27(3,4)5)14-15-22-21-13-8-7-11-19(21)16-23-24(22)18(2)31-25(23)30-6/h17-25H,7-13,16H2,1-6H3. The van der Waals surface area contributed by atoms with Gasteiger partial charge in [-0.2, -0.15) is 0 Å². The Bertz CT molecular complexity index is 734. The van der Waals surface area contributed by atoms with Crippen LogP contribution in [-0.2, 0) is 14.2 Å². The number of nitrogens with zero attached hydrogens (tertiary/aromatic N) is 1. The second kappa shape index (κ2) is 9.55. The van der Waals surface area contributed by atoms with Crippen LogP contribution < -0.4 is 0 Å². The van der Waals surface area contributed by atoms with Gasteiger partial charge in [-0.15, -0.1) is 0 Å². The summed E-state index contributed by atoms with van der Waals surface area (Å²) in [6.07, 6.45) is 9.32. The van der Waals surface area contributed by atoms with E-state index >= 15 is 0 Å². The van der Waals surface area contributed by atoms with Gasteiger partial charge >= 0.3 is 6.09 Å². The summed E-state index contributed by atoms with van der Waals surface area (Å²) in [5.41, 5.74) is -0.496. The molecule has 0 bridgehead atoms. The van der Waals surface area contributed by atoms with E-state index in [2.05, 4.69) is 25.7 Å². The van der Waals surface area contributed by atoms with E-state index in [0.29, 0.717) is 23.7 Å². The van der Waals surface area contributed by atoms with Gasteiger partial charge in [-0.3, -0.25) is 4.90 Å². The molecule has 9 atom stereocenters. The molecule has 2 saturated carbocycles. The van der Waals surface area contributed by atoms with Gasteiger partial charge in [0.05, 0.1) is 12.1 Å². The predicted octanol–water partition coefficient (Wildman–Crippen LogP) is 5.62. The van der Waals surface area contributed by atoms with Crippen molar-refractivity contribution < 1.29 is 19.0 Å². The maximum Gasteiger partial charge on any atom is 0.411 e. The zero-order valence-corrected chi connectivity index (χ0v) is 20.9. The van der Waals surface area contributed by atoms with Crippen molar-refractivity contribution in [1.29, 1.82) is 0 Å². The summed E-state index contributed by atoms with van der Waals surface area (Å²) >= 11 is 0. The molecule has 4 aliphatic rings. The normalized spacial score (nSPS) is 41.8. The number of fused-ring (bicyclic) bond motifs is 2. The van der Waals surface area contributed by atoms with Crippen LogP contribution in [0.15, 0.2) is 0 Å². The lowest BCUT2D eigenvalue weighted by molar-refractivity contribution is -0.132. The smallest absolute Gasteiger partial charge is 0.411 e. The molecule has 32 heavy (non-hydrogen) atoms. The first-order chi connectivity index (χ1) is 15.2. The Labute approximate surface area is 194 Å². The Morgan fingerprint density at radius 3 is 2.47 bits per heavy atom. The maximum absolute atomic E-state index is 13.0. The molecule has 0 radical (unpaired) electrons. The number of ether oxygens (including phenoxy) is 3. The van der Waals surface area contributed by atoms with Gasteiger partial charge < -0.3 is 14.2 Å². The van der Waals surface area contributed by atoms with E-state index < -0.39 is 5.60 Å². The van der Waals surface area contributed by atoms with Crippen molar-refractivity contribution in [3.05, 3.63) is 0 Å². The molecule has 0 aromatic rings. The van der Waals surface area contributed by atoms with Gasteiger partial charge in [-0.1, -0.05) is 31.1 Å². The SMILES string of the molecule is COC1OC(C)C2C(C#CC3CCCC(C)N3C(=O)OC(C)(C)C)C3CCCCC3CC12. The zero-order chi connectivity index (χ0) is 23.0. The molecule has 1 amide bonds. The van der Waals surface area contributed by atoms with E-state index in [1.807, 2.05) is 25.7 Å². The molecule has 0 N–H and O–H groups in total. The van der Waals surface area contributed by atoms with Crippen molar-refractivity contribution in [3.8, 4) is 11.8 Å². The van der Waals surface area contributed by atoms with E-state index in [0.717, 1.165) is 25.2 Å². The van der Waals surface area contributed by atoms with Gasteiger partial charge in [0, 0.05) is 30.9 Å². The number of hydrogen-bond acceptors (Lipinski definition) is 4. The van der Waals surface area contributed by atoms with E-state index in [4.69, 9.17) is 14.2 Å². The molecule has 0 spiro atoms. The zero-order valence-electron chi connectivity index (χ0n) is 20.9. The first-order valence-corrected chi connectivity index (χ1v) is 12.9. The molecule has 2 aliphatic carbocycles. The van der Waals surface area contributed by atoms with Crippen molar-refractivity contribution in [2.75, 3.05) is 7.11 Å². The largest absolute Gasteiger partial charge is 0.444 e. The van der Waals surface area contributed by atoms with Gasteiger partial charge in [0.1, 0.15) is 5.60 Å². The lowest BCUT2D eigenvalue weighted by atomic mass is 9.57. The molecule has 9 unspecified atom stereocenters. The van der Waals surface area contributed by atoms with Crippen LogP contribution in [0.5, 0.6) is 0 Å². The summed E-state index contributed by atoms with van der Waals surface area (Å²) in [6.45, 7) is 10.1. The third-order valence-electron chi connectivity index (χ3n) is 8.32. The van der Waals surface area contributed by atoms with Crippen molar-refractivity contribution in [1.82, 2.24) is 4.90 Å². The minimum atomic E-state index is -0.496. The Morgan fingerprint density at radius 2 is 1.75 bits per heavy atom. The number of methoxy groups -OCH3 is 1. The summed E-state index contributed by atoms with van der Waals surface area (Å²) in [5.74, 6) is 9.94. The molecule has 0 aromatic carbocycles. The number of piperidine rings is 1. The highest BCUT2D eigenvalue weighted by Gasteiger charge is 2.54. The first kappa shape index (κ1) is 23.9. The summed E-state index contributed by atoms with van der Waals surface area (Å²) < 4.78 is 17.7. The lowest BCUT2D eigenvalue weighted by Gasteiger charge is -2.46. The highest BCUT2D eigenvalue weighted by molar-refractivity contribution is 5.69. The van der Waals surface area contributed by atoms with Crippen molar-refractivity contribution in [3.63, 3.8) is 0 Å². The molecule has 5 nitrogen and oxygen atoms in total. The number of carbonyl (C=O) groups excluding carboxylic acids is 1. The van der Waals surface area contributed by atoms with Crippen molar-refractivity contribution in [2.24, 2.45) is 29.6 Å². The quantitative estimate of drug-likeness (QED) is 0.492. The first-order valence-electron chi connectivity index (χ1n) is 12.9. The fourth-order valence-electron chi connectivity index (χ4n) is 6.98. The fraction of sp³-hybridized carbons (Fsp3) is 0.889. The average Bonchev–Trinajstić information content (AvgIpc) is 3.05. The number of rotatable bonds is 1. The van der Waals surface area contributed by atoms with Crippen molar-refractivity contribution in [2.45, 2.75) is 116 Å². The molecule has 4 fully saturated rings. The van der Waals surface area contributed by atoms with Crippen LogP contribution in [0, 0.1) is 41.4 Å². The van der Waals surface area contributed by atoms with Crippen LogP contribution in [0.3, 0.4) is 0 Å². The Morgan fingerprint density at radius 1 is 1.00 bits per heavy atom. The third kappa shape index (κ3) is 4.82. The van der Waals surface area contributed by atoms with E-state index in [9.17, 15) is 4.79 Å². The van der Waals surface area contributed by atoms with Gasteiger partial charge in [0.2, 0.25) is 0 Å². The van der Waals surface area contributed by atoms with Crippen LogP contribution in [0.2, 0.25) is 0 Å². The van der Waals surface area contributed by atoms with Crippen LogP contribution in [0.4, 0.5) is 4.79 Å². The molecule has 5 heteroatoms. The van der Waals surface area contributed by atoms with E-state index in [1.165, 1.54) is 32.1 Å². The maximum atomic E-state index is 13.0. The molecule has 0 aromatic heterocycles. The molecule has 180 valence electrons. The molecular weight excluding hydrogens is 402 g/mol. The highest BCUT2D eigenvalue weighted by atomic mass is 16.7. The summed E-state index contributed by atoms with van der Waals surface area (Å²) in [4.78, 5) is 14.9. The van der Waals surface area contributed by atoms with Crippen LogP contribution in [-0.4, -0.2) is 48.2 Å². The molecule has 2 heterocycles. The van der Waals surface area contributed by atoms with Gasteiger partial charge in [-0.05, 0) is 78.6 Å². The van der Waals surface area contributed by atoms with E-state index in [-0.39, 0.29) is 30.6 Å². The van der Waals surface area contributed by atoms with Gasteiger partial charge in [-0.25, -0.2) is 4.79 Å². The highest BCUT2D eigenvalue weighted by Crippen LogP contribution is 2.54. The number of carbonyl (C=O) groups is 1.